The predicted molar refractivity (Wildman–Crippen MR) is 61.9 cm³/mol. The maximum Gasteiger partial charge on any atom is 0.325 e. The first-order valence-electron chi connectivity index (χ1n) is 6.36. The standard InChI is InChI=1S/C12H23NO3/c1-2-3-4-5-6-7-12(14)16-13-8-10-15-11-9-13/h2-11H2,1H3. The van der Waals surface area contributed by atoms with Crippen LogP contribution in [0.2, 0.25) is 0 Å². The van der Waals surface area contributed by atoms with Crippen molar-refractivity contribution in [3.63, 3.8) is 0 Å². The van der Waals surface area contributed by atoms with Crippen LogP contribution in [-0.4, -0.2) is 37.3 Å². The average Bonchev–Trinajstić information content (AvgIpc) is 2.30. The number of nitrogens with zero attached hydrogens (tertiary/aromatic N) is 1. The third-order valence-corrected chi connectivity index (χ3v) is 2.69. The zero-order valence-electron chi connectivity index (χ0n) is 10.2. The minimum absolute atomic E-state index is 0.0987. The SMILES string of the molecule is CCCCCCCC(=O)ON1CCOCC1. The molecule has 94 valence electrons. The summed E-state index contributed by atoms with van der Waals surface area (Å²) >= 11 is 0. The summed E-state index contributed by atoms with van der Waals surface area (Å²) < 4.78 is 5.17. The Morgan fingerprint density at radius 3 is 2.56 bits per heavy atom. The van der Waals surface area contributed by atoms with Crippen LogP contribution in [0.15, 0.2) is 0 Å². The molecule has 0 bridgehead atoms. The van der Waals surface area contributed by atoms with Gasteiger partial charge in [0.2, 0.25) is 0 Å². The Hall–Kier alpha value is -0.610. The van der Waals surface area contributed by atoms with Gasteiger partial charge in [0.05, 0.1) is 26.3 Å². The lowest BCUT2D eigenvalue weighted by molar-refractivity contribution is -0.205. The summed E-state index contributed by atoms with van der Waals surface area (Å²) in [6, 6.07) is 0. The van der Waals surface area contributed by atoms with E-state index in [-0.39, 0.29) is 5.97 Å². The van der Waals surface area contributed by atoms with Crippen molar-refractivity contribution in [2.24, 2.45) is 0 Å². The van der Waals surface area contributed by atoms with Gasteiger partial charge in [-0.25, -0.2) is 0 Å². The van der Waals surface area contributed by atoms with Crippen LogP contribution in [0.1, 0.15) is 45.4 Å². The van der Waals surface area contributed by atoms with Gasteiger partial charge in [-0.05, 0) is 6.42 Å². The fraction of sp³-hybridized carbons (Fsp3) is 0.917. The lowest BCUT2D eigenvalue weighted by atomic mass is 10.1. The maximum absolute atomic E-state index is 11.4. The Labute approximate surface area is 97.9 Å². The molecule has 1 fully saturated rings. The van der Waals surface area contributed by atoms with Gasteiger partial charge in [-0.2, -0.15) is 0 Å². The molecule has 1 heterocycles. The number of hydrogen-bond donors (Lipinski definition) is 0. The van der Waals surface area contributed by atoms with Crippen LogP contribution < -0.4 is 0 Å². The van der Waals surface area contributed by atoms with E-state index in [0.29, 0.717) is 32.7 Å². The first kappa shape index (κ1) is 13.5. The van der Waals surface area contributed by atoms with E-state index < -0.39 is 0 Å². The summed E-state index contributed by atoms with van der Waals surface area (Å²) in [7, 11) is 0. The van der Waals surface area contributed by atoms with Gasteiger partial charge in [-0.3, -0.25) is 4.79 Å². The van der Waals surface area contributed by atoms with Crippen LogP contribution >= 0.6 is 0 Å². The summed E-state index contributed by atoms with van der Waals surface area (Å²) in [5.41, 5.74) is 0. The summed E-state index contributed by atoms with van der Waals surface area (Å²) in [6.07, 6.45) is 6.34. The molecule has 1 aliphatic rings. The van der Waals surface area contributed by atoms with Crippen LogP contribution in [0.25, 0.3) is 0 Å². The van der Waals surface area contributed by atoms with Gasteiger partial charge in [0, 0.05) is 6.42 Å². The molecule has 1 aliphatic heterocycles. The van der Waals surface area contributed by atoms with Crippen molar-refractivity contribution in [1.29, 1.82) is 0 Å². The minimum atomic E-state index is -0.0987. The highest BCUT2D eigenvalue weighted by Crippen LogP contribution is 2.07. The van der Waals surface area contributed by atoms with Gasteiger partial charge in [0.25, 0.3) is 0 Å². The Kier molecular flexibility index (Phi) is 7.17. The number of carbonyl (C=O) groups excluding carboxylic acids is 1. The summed E-state index contributed by atoms with van der Waals surface area (Å²) in [5, 5.41) is 1.71. The van der Waals surface area contributed by atoms with E-state index in [4.69, 9.17) is 9.57 Å². The smallest absolute Gasteiger partial charge is 0.325 e. The highest BCUT2D eigenvalue weighted by atomic mass is 16.7. The zero-order chi connectivity index (χ0) is 11.6. The molecule has 4 heteroatoms. The fourth-order valence-electron chi connectivity index (χ4n) is 1.70. The highest BCUT2D eigenvalue weighted by Gasteiger charge is 2.14. The van der Waals surface area contributed by atoms with E-state index in [2.05, 4.69) is 6.92 Å². The summed E-state index contributed by atoms with van der Waals surface area (Å²) in [5.74, 6) is -0.0987. The van der Waals surface area contributed by atoms with E-state index in [9.17, 15) is 4.79 Å². The molecule has 1 rings (SSSR count). The molecule has 0 aliphatic carbocycles. The molecule has 0 atom stereocenters. The first-order valence-corrected chi connectivity index (χ1v) is 6.36. The van der Waals surface area contributed by atoms with Crippen molar-refractivity contribution < 1.29 is 14.4 Å². The Bertz CT molecular complexity index is 191. The Balaban J connectivity index is 1.97. The molecule has 0 unspecified atom stereocenters. The van der Waals surface area contributed by atoms with E-state index in [1.165, 1.54) is 19.3 Å². The van der Waals surface area contributed by atoms with Crippen LogP contribution in [0.4, 0.5) is 0 Å². The number of hydroxylamine groups is 2. The number of ether oxygens (including phenoxy) is 1. The van der Waals surface area contributed by atoms with E-state index in [0.717, 1.165) is 12.8 Å². The van der Waals surface area contributed by atoms with Gasteiger partial charge >= 0.3 is 5.97 Å². The minimum Gasteiger partial charge on any atom is -0.379 e. The molecule has 0 aromatic carbocycles. The topological polar surface area (TPSA) is 38.8 Å². The molecule has 4 nitrogen and oxygen atoms in total. The van der Waals surface area contributed by atoms with Crippen LogP contribution in [0, 0.1) is 0 Å². The van der Waals surface area contributed by atoms with E-state index in [1.54, 1.807) is 5.06 Å². The van der Waals surface area contributed by atoms with Gasteiger partial charge < -0.3 is 9.57 Å². The van der Waals surface area contributed by atoms with E-state index in [1.807, 2.05) is 0 Å². The first-order chi connectivity index (χ1) is 7.83. The molecule has 0 radical (unpaired) electrons. The van der Waals surface area contributed by atoms with Gasteiger partial charge in [0.1, 0.15) is 0 Å². The molecule has 0 aromatic rings. The normalized spacial score (nSPS) is 17.3. The predicted octanol–water partition coefficient (Wildman–Crippen LogP) is 2.14. The Morgan fingerprint density at radius 2 is 1.88 bits per heavy atom. The largest absolute Gasteiger partial charge is 0.379 e. The molecule has 0 saturated carbocycles. The summed E-state index contributed by atoms with van der Waals surface area (Å²) in [4.78, 5) is 16.7. The number of hydrogen-bond acceptors (Lipinski definition) is 4. The lowest BCUT2D eigenvalue weighted by Crippen LogP contribution is -2.37. The average molecular weight is 229 g/mol. The molecule has 0 spiro atoms. The zero-order valence-corrected chi connectivity index (χ0v) is 10.2. The molecular weight excluding hydrogens is 206 g/mol. The third kappa shape index (κ3) is 6.08. The second-order valence-corrected chi connectivity index (χ2v) is 4.17. The van der Waals surface area contributed by atoms with Gasteiger partial charge in [-0.15, -0.1) is 5.06 Å². The number of morpholine rings is 1. The molecule has 0 N–H and O–H groups in total. The van der Waals surface area contributed by atoms with Crippen LogP contribution in [0.5, 0.6) is 0 Å². The number of unbranched alkanes of at least 4 members (excludes halogenated alkanes) is 4. The molecular formula is C12H23NO3. The second kappa shape index (κ2) is 8.53. The molecule has 0 amide bonds. The fourth-order valence-corrected chi connectivity index (χ4v) is 1.70. The van der Waals surface area contributed by atoms with Crippen molar-refractivity contribution in [3.05, 3.63) is 0 Å². The quantitative estimate of drug-likeness (QED) is 0.627. The van der Waals surface area contributed by atoms with Crippen LogP contribution in [0.3, 0.4) is 0 Å². The van der Waals surface area contributed by atoms with Crippen molar-refractivity contribution in [2.75, 3.05) is 26.3 Å². The third-order valence-electron chi connectivity index (χ3n) is 2.69. The van der Waals surface area contributed by atoms with Crippen LogP contribution in [-0.2, 0) is 14.4 Å². The molecule has 0 aromatic heterocycles. The Morgan fingerprint density at radius 1 is 1.19 bits per heavy atom. The second-order valence-electron chi connectivity index (χ2n) is 4.17. The molecule has 16 heavy (non-hydrogen) atoms. The van der Waals surface area contributed by atoms with Gasteiger partial charge in [0.15, 0.2) is 0 Å². The lowest BCUT2D eigenvalue weighted by Gasteiger charge is -2.24. The monoisotopic (exact) mass is 229 g/mol. The maximum atomic E-state index is 11.4. The summed E-state index contributed by atoms with van der Waals surface area (Å²) in [6.45, 7) is 4.89. The highest BCUT2D eigenvalue weighted by molar-refractivity contribution is 5.68. The van der Waals surface area contributed by atoms with Crippen molar-refractivity contribution in [1.82, 2.24) is 5.06 Å². The van der Waals surface area contributed by atoms with Crippen molar-refractivity contribution in [2.45, 2.75) is 45.4 Å². The van der Waals surface area contributed by atoms with E-state index >= 15 is 0 Å². The van der Waals surface area contributed by atoms with Gasteiger partial charge in [-0.1, -0.05) is 32.6 Å². The van der Waals surface area contributed by atoms with Crippen molar-refractivity contribution in [3.8, 4) is 0 Å². The number of rotatable bonds is 7. The number of carbonyl (C=O) groups is 1. The molecule has 1 saturated heterocycles. The van der Waals surface area contributed by atoms with Crippen molar-refractivity contribution >= 4 is 5.97 Å².